The van der Waals surface area contributed by atoms with Gasteiger partial charge in [-0.2, -0.15) is 0 Å². The number of nitrogens with zero attached hydrogens (tertiary/aromatic N) is 2. The van der Waals surface area contributed by atoms with Gasteiger partial charge >= 0.3 is 0 Å². The van der Waals surface area contributed by atoms with Gasteiger partial charge in [-0.3, -0.25) is 9.97 Å². The monoisotopic (exact) mass is 275 g/mol. The Kier molecular flexibility index (Phi) is 5.01. The van der Waals surface area contributed by atoms with Gasteiger partial charge in [-0.15, -0.1) is 0 Å². The highest BCUT2D eigenvalue weighted by Gasteiger charge is 2.16. The Morgan fingerprint density at radius 3 is 2.80 bits per heavy atom. The summed E-state index contributed by atoms with van der Waals surface area (Å²) in [7, 11) is 1.45. The Hall–Kier alpha value is -2.01. The minimum absolute atomic E-state index is 0.177. The van der Waals surface area contributed by atoms with Crippen LogP contribution in [-0.2, 0) is 0 Å². The number of ether oxygens (including phenoxy) is 1. The molecule has 5 heteroatoms. The lowest BCUT2D eigenvalue weighted by molar-refractivity contribution is 0.385. The molecule has 0 bridgehead atoms. The van der Waals surface area contributed by atoms with Gasteiger partial charge in [0, 0.05) is 12.4 Å². The molecule has 0 aliphatic carbocycles. The van der Waals surface area contributed by atoms with Crippen LogP contribution in [0, 0.1) is 5.82 Å². The van der Waals surface area contributed by atoms with Gasteiger partial charge in [0.1, 0.15) is 0 Å². The number of methoxy groups -OCH3 is 1. The number of hydrogen-bond acceptors (Lipinski definition) is 4. The molecular weight excluding hydrogens is 257 g/mol. The highest BCUT2D eigenvalue weighted by atomic mass is 19.1. The van der Waals surface area contributed by atoms with Crippen molar-refractivity contribution in [2.45, 2.75) is 19.4 Å². The van der Waals surface area contributed by atoms with Crippen molar-refractivity contribution in [2.24, 2.45) is 0 Å². The van der Waals surface area contributed by atoms with Crippen molar-refractivity contribution in [1.82, 2.24) is 15.3 Å². The maximum atomic E-state index is 13.9. The fourth-order valence-electron chi connectivity index (χ4n) is 2.00. The van der Waals surface area contributed by atoms with E-state index in [1.54, 1.807) is 24.7 Å². The summed E-state index contributed by atoms with van der Waals surface area (Å²) in [4.78, 5) is 8.38. The third kappa shape index (κ3) is 3.30. The zero-order chi connectivity index (χ0) is 14.4. The SMILES string of the molecule is CCCNC(c1ccc(OC)c(F)c1)c1cnccn1. The van der Waals surface area contributed by atoms with Gasteiger partial charge < -0.3 is 10.1 Å². The van der Waals surface area contributed by atoms with E-state index in [9.17, 15) is 4.39 Å². The molecule has 106 valence electrons. The summed E-state index contributed by atoms with van der Waals surface area (Å²) in [5.74, 6) is -0.140. The van der Waals surface area contributed by atoms with Crippen LogP contribution in [0.4, 0.5) is 4.39 Å². The maximum Gasteiger partial charge on any atom is 0.165 e. The van der Waals surface area contributed by atoms with Gasteiger partial charge in [0.25, 0.3) is 0 Å². The molecule has 0 aliphatic heterocycles. The molecule has 4 nitrogen and oxygen atoms in total. The summed E-state index contributed by atoms with van der Waals surface area (Å²) < 4.78 is 18.8. The van der Waals surface area contributed by atoms with Crippen molar-refractivity contribution in [3.05, 3.63) is 53.9 Å². The van der Waals surface area contributed by atoms with Gasteiger partial charge in [0.2, 0.25) is 0 Å². The average Bonchev–Trinajstić information content (AvgIpc) is 2.49. The Morgan fingerprint density at radius 2 is 2.20 bits per heavy atom. The van der Waals surface area contributed by atoms with Gasteiger partial charge in [-0.25, -0.2) is 4.39 Å². The lowest BCUT2D eigenvalue weighted by Crippen LogP contribution is -2.24. The minimum Gasteiger partial charge on any atom is -0.494 e. The average molecular weight is 275 g/mol. The molecule has 1 atom stereocenters. The fraction of sp³-hybridized carbons (Fsp3) is 0.333. The van der Waals surface area contributed by atoms with Crippen LogP contribution in [-0.4, -0.2) is 23.6 Å². The molecule has 0 radical (unpaired) electrons. The molecule has 1 aromatic heterocycles. The summed E-state index contributed by atoms with van der Waals surface area (Å²) >= 11 is 0. The molecule has 2 aromatic rings. The Labute approximate surface area is 118 Å². The summed E-state index contributed by atoms with van der Waals surface area (Å²) in [6.07, 6.45) is 5.93. The first-order valence-electron chi connectivity index (χ1n) is 6.59. The predicted molar refractivity (Wildman–Crippen MR) is 75.1 cm³/mol. The molecule has 1 unspecified atom stereocenters. The zero-order valence-electron chi connectivity index (χ0n) is 11.6. The van der Waals surface area contributed by atoms with Crippen molar-refractivity contribution < 1.29 is 9.13 Å². The quantitative estimate of drug-likeness (QED) is 0.880. The number of aromatic nitrogens is 2. The number of benzene rings is 1. The molecule has 2 rings (SSSR count). The molecule has 1 heterocycles. The first kappa shape index (κ1) is 14.4. The van der Waals surface area contributed by atoms with Crippen molar-refractivity contribution in [1.29, 1.82) is 0 Å². The topological polar surface area (TPSA) is 47.0 Å². The van der Waals surface area contributed by atoms with Crippen LogP contribution in [0.1, 0.15) is 30.6 Å². The second-order valence-electron chi connectivity index (χ2n) is 4.41. The third-order valence-electron chi connectivity index (χ3n) is 2.99. The Morgan fingerprint density at radius 1 is 1.35 bits per heavy atom. The second-order valence-corrected chi connectivity index (χ2v) is 4.41. The first-order valence-corrected chi connectivity index (χ1v) is 6.59. The maximum absolute atomic E-state index is 13.9. The van der Waals surface area contributed by atoms with Gasteiger partial charge in [0.15, 0.2) is 11.6 Å². The standard InChI is InChI=1S/C15H18FN3O/c1-3-6-19-15(13-10-17-7-8-18-13)11-4-5-14(20-2)12(16)9-11/h4-5,7-10,15,19H,3,6H2,1-2H3. The largest absolute Gasteiger partial charge is 0.494 e. The van der Waals surface area contributed by atoms with E-state index in [0.29, 0.717) is 0 Å². The zero-order valence-corrected chi connectivity index (χ0v) is 11.6. The number of nitrogens with one attached hydrogen (secondary N) is 1. The van der Waals surface area contributed by atoms with E-state index in [1.807, 2.05) is 6.07 Å². The smallest absolute Gasteiger partial charge is 0.165 e. The van der Waals surface area contributed by atoms with Crippen LogP contribution in [0.25, 0.3) is 0 Å². The highest BCUT2D eigenvalue weighted by molar-refractivity contribution is 5.34. The van der Waals surface area contributed by atoms with Crippen LogP contribution in [0.5, 0.6) is 5.75 Å². The number of halogens is 1. The molecule has 0 aliphatic rings. The predicted octanol–water partition coefficient (Wildman–Crippen LogP) is 2.71. The Bertz CT molecular complexity index is 548. The van der Waals surface area contributed by atoms with E-state index >= 15 is 0 Å². The normalized spacial score (nSPS) is 12.2. The summed E-state index contributed by atoms with van der Waals surface area (Å²) in [6.45, 7) is 2.89. The van der Waals surface area contributed by atoms with E-state index in [0.717, 1.165) is 24.2 Å². The van der Waals surface area contributed by atoms with E-state index in [1.165, 1.54) is 13.2 Å². The lowest BCUT2D eigenvalue weighted by atomic mass is 10.0. The molecule has 20 heavy (non-hydrogen) atoms. The fourth-order valence-corrected chi connectivity index (χ4v) is 2.00. The minimum atomic E-state index is -0.378. The second kappa shape index (κ2) is 6.96. The van der Waals surface area contributed by atoms with E-state index in [-0.39, 0.29) is 17.6 Å². The van der Waals surface area contributed by atoms with Crippen molar-refractivity contribution in [3.63, 3.8) is 0 Å². The molecule has 1 aromatic carbocycles. The summed E-state index contributed by atoms with van der Waals surface area (Å²) in [5.41, 5.74) is 1.57. The summed E-state index contributed by atoms with van der Waals surface area (Å²) in [6, 6.07) is 4.76. The van der Waals surface area contributed by atoms with E-state index in [2.05, 4.69) is 22.2 Å². The van der Waals surface area contributed by atoms with Crippen LogP contribution in [0.2, 0.25) is 0 Å². The molecular formula is C15H18FN3O. The highest BCUT2D eigenvalue weighted by Crippen LogP contribution is 2.25. The van der Waals surface area contributed by atoms with Crippen molar-refractivity contribution in [2.75, 3.05) is 13.7 Å². The van der Waals surface area contributed by atoms with Crippen molar-refractivity contribution >= 4 is 0 Å². The number of rotatable bonds is 6. The molecule has 1 N–H and O–H groups in total. The van der Waals surface area contributed by atoms with Gasteiger partial charge in [-0.05, 0) is 30.7 Å². The van der Waals surface area contributed by atoms with Crippen LogP contribution in [0.15, 0.2) is 36.8 Å². The molecule has 0 spiro atoms. The van der Waals surface area contributed by atoms with Crippen LogP contribution in [0.3, 0.4) is 0 Å². The van der Waals surface area contributed by atoms with E-state index in [4.69, 9.17) is 4.74 Å². The molecule has 0 saturated heterocycles. The van der Waals surface area contributed by atoms with Gasteiger partial charge in [0.05, 0.1) is 25.0 Å². The molecule has 0 fully saturated rings. The first-order chi connectivity index (χ1) is 9.76. The Balaban J connectivity index is 2.33. The third-order valence-corrected chi connectivity index (χ3v) is 2.99. The molecule has 0 saturated carbocycles. The van der Waals surface area contributed by atoms with Crippen LogP contribution >= 0.6 is 0 Å². The van der Waals surface area contributed by atoms with E-state index < -0.39 is 0 Å². The summed E-state index contributed by atoms with van der Waals surface area (Å²) in [5, 5.41) is 3.36. The van der Waals surface area contributed by atoms with Crippen molar-refractivity contribution in [3.8, 4) is 5.75 Å². The van der Waals surface area contributed by atoms with Gasteiger partial charge in [-0.1, -0.05) is 13.0 Å². The van der Waals surface area contributed by atoms with Crippen LogP contribution < -0.4 is 10.1 Å². The molecule has 0 amide bonds. The lowest BCUT2D eigenvalue weighted by Gasteiger charge is -2.18. The number of hydrogen-bond donors (Lipinski definition) is 1.